The van der Waals surface area contributed by atoms with Gasteiger partial charge in [0.25, 0.3) is 5.95 Å². The van der Waals surface area contributed by atoms with Crippen molar-refractivity contribution in [2.45, 2.75) is 33.2 Å². The van der Waals surface area contributed by atoms with Gasteiger partial charge in [0.05, 0.1) is 6.54 Å². The molecule has 0 aromatic carbocycles. The number of aromatic nitrogens is 4. The number of piperazine rings is 1. The molecule has 1 aliphatic rings. The van der Waals surface area contributed by atoms with Crippen molar-refractivity contribution < 1.29 is 4.52 Å². The van der Waals surface area contributed by atoms with E-state index >= 15 is 0 Å². The minimum Gasteiger partial charge on any atom is -0.354 e. The Bertz CT molecular complexity index is 705. The maximum absolute atomic E-state index is 5.32. The maximum atomic E-state index is 5.32. The van der Waals surface area contributed by atoms with Crippen LogP contribution in [0.15, 0.2) is 10.6 Å². The number of hydrogen-bond acceptors (Lipinski definition) is 8. The van der Waals surface area contributed by atoms with Crippen LogP contribution in [0.2, 0.25) is 0 Å². The summed E-state index contributed by atoms with van der Waals surface area (Å²) < 4.78 is 5.32. The summed E-state index contributed by atoms with van der Waals surface area (Å²) in [5.74, 6) is 3.56. The van der Waals surface area contributed by atoms with Crippen molar-refractivity contribution in [1.29, 1.82) is 0 Å². The molecule has 0 aliphatic carbocycles. The molecule has 0 unspecified atom stereocenters. The van der Waals surface area contributed by atoms with Crippen molar-refractivity contribution in [3.8, 4) is 0 Å². The molecule has 3 heterocycles. The molecular weight excluding hydrogens is 318 g/mol. The molecule has 0 spiro atoms. The molecule has 0 atom stereocenters. The molecular formula is C17H27N7O. The molecule has 1 fully saturated rings. The number of nitrogens with zero attached hydrogens (tertiary/aromatic N) is 7. The third kappa shape index (κ3) is 4.25. The predicted octanol–water partition coefficient (Wildman–Crippen LogP) is 1.68. The normalized spacial score (nSPS) is 15.8. The van der Waals surface area contributed by atoms with Crippen LogP contribution < -0.4 is 9.80 Å². The van der Waals surface area contributed by atoms with Gasteiger partial charge in [-0.1, -0.05) is 13.8 Å². The Morgan fingerprint density at radius 1 is 1.12 bits per heavy atom. The molecule has 0 saturated carbocycles. The number of anilines is 2. The van der Waals surface area contributed by atoms with Gasteiger partial charge in [0.1, 0.15) is 11.6 Å². The summed E-state index contributed by atoms with van der Waals surface area (Å²) in [6.45, 7) is 10.7. The summed E-state index contributed by atoms with van der Waals surface area (Å²) >= 11 is 0. The summed E-state index contributed by atoms with van der Waals surface area (Å²) in [7, 11) is 3.81. The molecule has 2 aromatic rings. The van der Waals surface area contributed by atoms with E-state index in [1.165, 1.54) is 0 Å². The Labute approximate surface area is 148 Å². The molecule has 0 amide bonds. The molecule has 0 radical (unpaired) electrons. The summed E-state index contributed by atoms with van der Waals surface area (Å²) in [5, 5.41) is 3.97. The first kappa shape index (κ1) is 17.6. The fraction of sp³-hybridized carbons (Fsp3) is 0.647. The van der Waals surface area contributed by atoms with Gasteiger partial charge in [0.15, 0.2) is 0 Å². The third-order valence-corrected chi connectivity index (χ3v) is 4.29. The van der Waals surface area contributed by atoms with E-state index in [2.05, 4.69) is 44.8 Å². The van der Waals surface area contributed by atoms with Crippen molar-refractivity contribution in [3.05, 3.63) is 23.5 Å². The van der Waals surface area contributed by atoms with E-state index < -0.39 is 0 Å². The van der Waals surface area contributed by atoms with Crippen molar-refractivity contribution in [2.75, 3.05) is 50.1 Å². The topological polar surface area (TPSA) is 74.4 Å². The smallest absolute Gasteiger partial charge is 0.265 e. The van der Waals surface area contributed by atoms with E-state index in [0.717, 1.165) is 43.5 Å². The first-order valence-corrected chi connectivity index (χ1v) is 8.75. The standard InChI is InChI=1S/C17H27N7O/c1-12(2)16-18-13(3)10-14(19-16)24-8-6-23(7-9-24)11-15-20-17(21-25-15)22(4)5/h10,12H,6-9,11H2,1-5H3. The highest BCUT2D eigenvalue weighted by Gasteiger charge is 2.21. The second-order valence-electron chi connectivity index (χ2n) is 7.03. The van der Waals surface area contributed by atoms with Gasteiger partial charge < -0.3 is 14.3 Å². The van der Waals surface area contributed by atoms with Gasteiger partial charge in [-0.3, -0.25) is 4.90 Å². The predicted molar refractivity (Wildman–Crippen MR) is 97.0 cm³/mol. The first-order valence-electron chi connectivity index (χ1n) is 8.75. The zero-order valence-corrected chi connectivity index (χ0v) is 15.7. The summed E-state index contributed by atoms with van der Waals surface area (Å²) in [6, 6.07) is 2.07. The lowest BCUT2D eigenvalue weighted by Crippen LogP contribution is -2.46. The van der Waals surface area contributed by atoms with Crippen LogP contribution in [0.1, 0.15) is 37.2 Å². The van der Waals surface area contributed by atoms with Gasteiger partial charge in [0.2, 0.25) is 5.89 Å². The van der Waals surface area contributed by atoms with Crippen molar-refractivity contribution >= 4 is 11.8 Å². The molecule has 3 rings (SSSR count). The minimum atomic E-state index is 0.336. The largest absolute Gasteiger partial charge is 0.354 e. The van der Waals surface area contributed by atoms with Crippen LogP contribution in [0.4, 0.5) is 11.8 Å². The molecule has 136 valence electrons. The van der Waals surface area contributed by atoms with E-state index in [-0.39, 0.29) is 0 Å². The highest BCUT2D eigenvalue weighted by atomic mass is 16.5. The second kappa shape index (κ2) is 7.35. The second-order valence-corrected chi connectivity index (χ2v) is 7.03. The highest BCUT2D eigenvalue weighted by molar-refractivity contribution is 5.40. The highest BCUT2D eigenvalue weighted by Crippen LogP contribution is 2.19. The summed E-state index contributed by atoms with van der Waals surface area (Å²) in [5.41, 5.74) is 1.03. The van der Waals surface area contributed by atoms with Crippen LogP contribution in [0.3, 0.4) is 0 Å². The van der Waals surface area contributed by atoms with E-state index in [1.807, 2.05) is 25.9 Å². The third-order valence-electron chi connectivity index (χ3n) is 4.29. The van der Waals surface area contributed by atoms with Gasteiger partial charge in [-0.05, 0) is 12.1 Å². The zero-order valence-electron chi connectivity index (χ0n) is 15.7. The Morgan fingerprint density at radius 3 is 2.44 bits per heavy atom. The van der Waals surface area contributed by atoms with Crippen molar-refractivity contribution in [3.63, 3.8) is 0 Å². The molecule has 0 N–H and O–H groups in total. The number of aryl methyl sites for hydroxylation is 1. The van der Waals surface area contributed by atoms with Crippen LogP contribution in [-0.4, -0.2) is 65.3 Å². The molecule has 25 heavy (non-hydrogen) atoms. The quantitative estimate of drug-likeness (QED) is 0.810. The van der Waals surface area contributed by atoms with Gasteiger partial charge in [0, 0.05) is 58.0 Å². The van der Waals surface area contributed by atoms with E-state index in [4.69, 9.17) is 9.51 Å². The van der Waals surface area contributed by atoms with E-state index in [9.17, 15) is 0 Å². The molecule has 1 aliphatic heterocycles. The SMILES string of the molecule is Cc1cc(N2CCN(Cc3nc(N(C)C)no3)CC2)nc(C(C)C)n1. The Morgan fingerprint density at radius 2 is 1.84 bits per heavy atom. The van der Waals surface area contributed by atoms with E-state index in [0.29, 0.717) is 24.3 Å². The maximum Gasteiger partial charge on any atom is 0.265 e. The van der Waals surface area contributed by atoms with Gasteiger partial charge in [-0.2, -0.15) is 4.98 Å². The summed E-state index contributed by atoms with van der Waals surface area (Å²) in [6.07, 6.45) is 0. The Kier molecular flexibility index (Phi) is 5.17. The van der Waals surface area contributed by atoms with Crippen molar-refractivity contribution in [2.24, 2.45) is 0 Å². The Balaban J connectivity index is 1.60. The molecule has 0 bridgehead atoms. The van der Waals surface area contributed by atoms with Crippen LogP contribution in [0, 0.1) is 6.92 Å². The lowest BCUT2D eigenvalue weighted by atomic mass is 10.2. The van der Waals surface area contributed by atoms with Crippen LogP contribution >= 0.6 is 0 Å². The average molecular weight is 345 g/mol. The fourth-order valence-corrected chi connectivity index (χ4v) is 2.81. The average Bonchev–Trinajstić information content (AvgIpc) is 3.04. The number of rotatable bonds is 5. The van der Waals surface area contributed by atoms with Crippen molar-refractivity contribution in [1.82, 2.24) is 25.0 Å². The van der Waals surface area contributed by atoms with Crippen LogP contribution in [-0.2, 0) is 6.54 Å². The van der Waals surface area contributed by atoms with Gasteiger partial charge in [-0.15, -0.1) is 0 Å². The lowest BCUT2D eigenvalue weighted by Gasteiger charge is -2.34. The molecule has 8 nitrogen and oxygen atoms in total. The molecule has 1 saturated heterocycles. The molecule has 2 aromatic heterocycles. The fourth-order valence-electron chi connectivity index (χ4n) is 2.81. The lowest BCUT2D eigenvalue weighted by molar-refractivity contribution is 0.215. The van der Waals surface area contributed by atoms with E-state index in [1.54, 1.807) is 0 Å². The Hall–Kier alpha value is -2.22. The summed E-state index contributed by atoms with van der Waals surface area (Å²) in [4.78, 5) is 20.2. The number of hydrogen-bond donors (Lipinski definition) is 0. The van der Waals surface area contributed by atoms with Gasteiger partial charge in [-0.25, -0.2) is 9.97 Å². The minimum absolute atomic E-state index is 0.336. The monoisotopic (exact) mass is 345 g/mol. The van der Waals surface area contributed by atoms with Gasteiger partial charge >= 0.3 is 0 Å². The van der Waals surface area contributed by atoms with Crippen LogP contribution in [0.5, 0.6) is 0 Å². The first-order chi connectivity index (χ1) is 11.9. The van der Waals surface area contributed by atoms with Crippen LogP contribution in [0.25, 0.3) is 0 Å². The molecule has 8 heteroatoms. The zero-order chi connectivity index (χ0) is 18.0.